The highest BCUT2D eigenvalue weighted by atomic mass is 35.5. The van der Waals surface area contributed by atoms with E-state index < -0.39 is 0 Å². The van der Waals surface area contributed by atoms with Crippen molar-refractivity contribution in [2.24, 2.45) is 0 Å². The van der Waals surface area contributed by atoms with E-state index in [0.717, 1.165) is 40.0 Å². The summed E-state index contributed by atoms with van der Waals surface area (Å²) < 4.78 is 19.5. The molecule has 1 fully saturated rings. The highest BCUT2D eigenvalue weighted by molar-refractivity contribution is 7.18. The molecule has 1 aliphatic heterocycles. The average Bonchev–Trinajstić information content (AvgIpc) is 3.36. The molecular formula is C32H30Cl3FN2O3S. The van der Waals surface area contributed by atoms with Gasteiger partial charge in [0.2, 0.25) is 0 Å². The van der Waals surface area contributed by atoms with Gasteiger partial charge in [0, 0.05) is 64.8 Å². The maximum atomic E-state index is 14.1. The molecule has 3 aromatic carbocycles. The van der Waals surface area contributed by atoms with Crippen molar-refractivity contribution >= 4 is 52.0 Å². The third kappa shape index (κ3) is 7.28. The van der Waals surface area contributed by atoms with E-state index in [1.54, 1.807) is 36.4 Å². The van der Waals surface area contributed by atoms with Crippen LogP contribution in [0.2, 0.25) is 15.1 Å². The number of hydrogen-bond donors (Lipinski definition) is 2. The van der Waals surface area contributed by atoms with Crippen LogP contribution in [0, 0.1) is 5.82 Å². The Morgan fingerprint density at radius 3 is 2.36 bits per heavy atom. The van der Waals surface area contributed by atoms with Crippen LogP contribution in [0.3, 0.4) is 0 Å². The van der Waals surface area contributed by atoms with E-state index in [0.29, 0.717) is 51.7 Å². The summed E-state index contributed by atoms with van der Waals surface area (Å²) in [5.41, 5.74) is 3.34. The molecule has 5 rings (SSSR count). The van der Waals surface area contributed by atoms with E-state index in [2.05, 4.69) is 5.32 Å². The number of piperidine rings is 1. The Hall–Kier alpha value is -2.65. The highest BCUT2D eigenvalue weighted by Crippen LogP contribution is 2.50. The topological polar surface area (TPSA) is 61.8 Å². The molecule has 1 saturated heterocycles. The number of amides is 1. The van der Waals surface area contributed by atoms with Crippen LogP contribution in [-0.4, -0.2) is 48.3 Å². The van der Waals surface area contributed by atoms with Crippen molar-refractivity contribution in [1.82, 2.24) is 10.2 Å². The lowest BCUT2D eigenvalue weighted by atomic mass is 10.0. The van der Waals surface area contributed by atoms with Crippen LogP contribution in [0.25, 0.3) is 21.6 Å². The number of aliphatic hydroxyl groups is 1. The molecule has 220 valence electrons. The first kappa shape index (κ1) is 30.8. The first-order valence-electron chi connectivity index (χ1n) is 13.7. The van der Waals surface area contributed by atoms with E-state index in [-0.39, 0.29) is 31.0 Å². The molecule has 2 heterocycles. The summed E-state index contributed by atoms with van der Waals surface area (Å²) in [4.78, 5) is 17.2. The molecule has 0 aliphatic carbocycles. The monoisotopic (exact) mass is 646 g/mol. The van der Waals surface area contributed by atoms with Gasteiger partial charge in [0.05, 0.1) is 11.6 Å². The summed E-state index contributed by atoms with van der Waals surface area (Å²) in [6.45, 7) is 2.03. The zero-order valence-corrected chi connectivity index (χ0v) is 25.8. The number of halogens is 4. The number of likely N-dealkylation sites (tertiary alicyclic amines) is 1. The summed E-state index contributed by atoms with van der Waals surface area (Å²) in [6, 6.07) is 19.4. The maximum Gasteiger partial charge on any atom is 0.267 e. The normalized spacial score (nSPS) is 13.9. The van der Waals surface area contributed by atoms with E-state index in [1.807, 2.05) is 23.1 Å². The van der Waals surface area contributed by atoms with E-state index in [9.17, 15) is 14.3 Å². The summed E-state index contributed by atoms with van der Waals surface area (Å²) in [6.07, 6.45) is 2.00. The molecule has 4 aromatic rings. The Morgan fingerprint density at radius 2 is 1.69 bits per heavy atom. The second kappa shape index (κ2) is 14.2. The molecule has 0 spiro atoms. The molecule has 0 saturated carbocycles. The number of nitrogens with one attached hydrogen (secondary N) is 1. The number of carbonyl (C=O) groups is 1. The molecular weight excluding hydrogens is 618 g/mol. The molecule has 0 bridgehead atoms. The zero-order valence-electron chi connectivity index (χ0n) is 22.7. The Kier molecular flexibility index (Phi) is 10.4. The molecule has 0 unspecified atom stereocenters. The van der Waals surface area contributed by atoms with Gasteiger partial charge in [0.1, 0.15) is 10.7 Å². The van der Waals surface area contributed by atoms with Crippen LogP contribution in [0.5, 0.6) is 5.75 Å². The fourth-order valence-corrected chi connectivity index (χ4v) is 6.93. The molecule has 2 N–H and O–H groups in total. The Balaban J connectivity index is 1.44. The van der Waals surface area contributed by atoms with Crippen LogP contribution < -0.4 is 10.1 Å². The summed E-state index contributed by atoms with van der Waals surface area (Å²) >= 11 is 20.4. The summed E-state index contributed by atoms with van der Waals surface area (Å²) in [5, 5.41) is 14.5. The number of thiophene rings is 1. The molecule has 0 atom stereocenters. The minimum Gasteiger partial charge on any atom is -0.491 e. The third-order valence-corrected chi connectivity index (χ3v) is 9.20. The van der Waals surface area contributed by atoms with Gasteiger partial charge in [0.25, 0.3) is 5.91 Å². The van der Waals surface area contributed by atoms with Crippen LogP contribution in [0.15, 0.2) is 66.7 Å². The smallest absolute Gasteiger partial charge is 0.267 e. The number of nitrogens with zero attached hydrogens (tertiary/aromatic N) is 1. The molecule has 42 heavy (non-hydrogen) atoms. The lowest BCUT2D eigenvalue weighted by molar-refractivity contribution is 0.0705. The number of carbonyl (C=O) groups excluding carboxylic acids is 1. The third-order valence-electron chi connectivity index (χ3n) is 7.21. The zero-order chi connectivity index (χ0) is 29.6. The van der Waals surface area contributed by atoms with Crippen molar-refractivity contribution in [1.29, 1.82) is 0 Å². The van der Waals surface area contributed by atoms with Gasteiger partial charge in [-0.3, -0.25) is 4.79 Å². The number of ether oxygens (including phenoxy) is 1. The largest absolute Gasteiger partial charge is 0.491 e. The van der Waals surface area contributed by atoms with Gasteiger partial charge in [-0.15, -0.1) is 11.3 Å². The number of benzene rings is 3. The second-order valence-electron chi connectivity index (χ2n) is 10.1. The molecule has 10 heteroatoms. The van der Waals surface area contributed by atoms with Crippen LogP contribution in [0.1, 0.15) is 34.5 Å². The van der Waals surface area contributed by atoms with Gasteiger partial charge in [-0.2, -0.15) is 0 Å². The van der Waals surface area contributed by atoms with Gasteiger partial charge in [0.15, 0.2) is 5.75 Å². The van der Waals surface area contributed by atoms with Gasteiger partial charge >= 0.3 is 0 Å². The Morgan fingerprint density at radius 1 is 1.00 bits per heavy atom. The van der Waals surface area contributed by atoms with Crippen molar-refractivity contribution < 1.29 is 19.0 Å². The summed E-state index contributed by atoms with van der Waals surface area (Å²) in [7, 11) is 0. The lowest BCUT2D eigenvalue weighted by Gasteiger charge is -2.32. The molecule has 1 aromatic heterocycles. The molecule has 0 radical (unpaired) electrons. The van der Waals surface area contributed by atoms with Gasteiger partial charge in [-0.1, -0.05) is 65.1 Å². The van der Waals surface area contributed by atoms with Crippen molar-refractivity contribution in [3.63, 3.8) is 0 Å². The van der Waals surface area contributed by atoms with Crippen LogP contribution in [-0.2, 0) is 6.54 Å². The Bertz CT molecular complexity index is 1520. The lowest BCUT2D eigenvalue weighted by Crippen LogP contribution is -2.44. The Labute approximate surface area is 263 Å². The minimum absolute atomic E-state index is 0.0298. The van der Waals surface area contributed by atoms with Crippen molar-refractivity contribution in [3.05, 3.63) is 98.1 Å². The standard InChI is InChI=1S/C32H30Cl3FN2O3S/c33-22-6-4-21(5-7-22)28-29(41-17-1-16-39)31(42-30(28)26-11-8-23(34)18-27(26)35)32(40)38-14-12-25(13-15-38)37-19-20-2-9-24(36)10-3-20/h2-11,18,25,37,39H,1,12-17,19H2. The van der Waals surface area contributed by atoms with E-state index in [4.69, 9.17) is 39.5 Å². The fraction of sp³-hybridized carbons (Fsp3) is 0.281. The first-order chi connectivity index (χ1) is 20.3. The number of aliphatic hydroxyl groups excluding tert-OH is 1. The van der Waals surface area contributed by atoms with E-state index >= 15 is 0 Å². The average molecular weight is 648 g/mol. The first-order valence-corrected chi connectivity index (χ1v) is 15.7. The van der Waals surface area contributed by atoms with Crippen molar-refractivity contribution in [2.45, 2.75) is 31.8 Å². The molecule has 1 amide bonds. The SMILES string of the molecule is O=C(c1sc(-c2ccc(Cl)cc2Cl)c(-c2ccc(Cl)cc2)c1OCCCO)N1CCC(NCc2ccc(F)cc2)CC1. The van der Waals surface area contributed by atoms with Gasteiger partial charge in [-0.25, -0.2) is 4.39 Å². The highest BCUT2D eigenvalue weighted by Gasteiger charge is 2.31. The van der Waals surface area contributed by atoms with Gasteiger partial charge in [-0.05, 0) is 60.4 Å². The van der Waals surface area contributed by atoms with E-state index in [1.165, 1.54) is 23.5 Å². The van der Waals surface area contributed by atoms with Crippen molar-refractivity contribution in [2.75, 3.05) is 26.3 Å². The van der Waals surface area contributed by atoms with Crippen LogP contribution >= 0.6 is 46.1 Å². The van der Waals surface area contributed by atoms with Crippen LogP contribution in [0.4, 0.5) is 4.39 Å². The second-order valence-corrected chi connectivity index (χ2v) is 12.4. The van der Waals surface area contributed by atoms with Gasteiger partial charge < -0.3 is 20.1 Å². The predicted molar refractivity (Wildman–Crippen MR) is 170 cm³/mol. The number of rotatable bonds is 10. The number of hydrogen-bond acceptors (Lipinski definition) is 5. The quantitative estimate of drug-likeness (QED) is 0.170. The molecule has 5 nitrogen and oxygen atoms in total. The summed E-state index contributed by atoms with van der Waals surface area (Å²) in [5.74, 6) is 0.112. The maximum absolute atomic E-state index is 14.1. The predicted octanol–water partition coefficient (Wildman–Crippen LogP) is 8.34. The molecule has 1 aliphatic rings. The van der Waals surface area contributed by atoms with Crippen molar-refractivity contribution in [3.8, 4) is 27.3 Å². The minimum atomic E-state index is -0.250. The fourth-order valence-electron chi connectivity index (χ4n) is 4.97.